The summed E-state index contributed by atoms with van der Waals surface area (Å²) in [7, 11) is -3.82. The van der Waals surface area contributed by atoms with Crippen molar-refractivity contribution in [1.82, 2.24) is 4.72 Å². The van der Waals surface area contributed by atoms with Crippen LogP contribution in [0.4, 0.5) is 5.69 Å². The Balaban J connectivity index is 2.99. The highest BCUT2D eigenvalue weighted by Gasteiger charge is 2.20. The second-order valence-corrected chi connectivity index (χ2v) is 5.71. The number of nitrogens with one attached hydrogen (secondary N) is 1. The number of nitro benzene ring substituents is 1. The molecular formula is C11H16N2O5S. The molecule has 1 atom stereocenters. The van der Waals surface area contributed by atoms with Gasteiger partial charge < -0.3 is 5.11 Å². The van der Waals surface area contributed by atoms with E-state index in [1.54, 1.807) is 6.92 Å². The first kappa shape index (κ1) is 15.5. The summed E-state index contributed by atoms with van der Waals surface area (Å²) in [6, 6.07) is 4.45. The topological polar surface area (TPSA) is 110 Å². The lowest BCUT2D eigenvalue weighted by Gasteiger charge is -2.15. The SMILES string of the molecule is CCC(CCO)NS(=O)(=O)c1cccc([N+](=O)[O-])c1. The van der Waals surface area contributed by atoms with E-state index in [1.165, 1.54) is 18.2 Å². The van der Waals surface area contributed by atoms with Crippen LogP contribution in [-0.2, 0) is 10.0 Å². The highest BCUT2D eigenvalue weighted by atomic mass is 32.2. The molecule has 0 aliphatic heterocycles. The minimum Gasteiger partial charge on any atom is -0.396 e. The van der Waals surface area contributed by atoms with Crippen molar-refractivity contribution in [3.63, 3.8) is 0 Å². The summed E-state index contributed by atoms with van der Waals surface area (Å²) < 4.78 is 26.5. The molecule has 0 fully saturated rings. The second-order valence-electron chi connectivity index (χ2n) is 3.99. The number of non-ortho nitro benzene ring substituents is 1. The molecule has 0 saturated carbocycles. The number of nitrogens with zero attached hydrogens (tertiary/aromatic N) is 1. The van der Waals surface area contributed by atoms with E-state index in [4.69, 9.17) is 5.11 Å². The molecule has 1 aromatic rings. The van der Waals surface area contributed by atoms with Crippen molar-refractivity contribution in [2.24, 2.45) is 0 Å². The molecular weight excluding hydrogens is 272 g/mol. The standard InChI is InChI=1S/C11H16N2O5S/c1-2-9(6-7-14)12-19(17,18)11-5-3-4-10(8-11)13(15)16/h3-5,8-9,12,14H,2,6-7H2,1H3. The van der Waals surface area contributed by atoms with Gasteiger partial charge in [0.1, 0.15) is 0 Å². The maximum atomic E-state index is 12.0. The Bertz CT molecular complexity index is 544. The van der Waals surface area contributed by atoms with Crippen LogP contribution in [0.5, 0.6) is 0 Å². The molecule has 0 bridgehead atoms. The molecule has 7 nitrogen and oxygen atoms in total. The quantitative estimate of drug-likeness (QED) is 0.575. The van der Waals surface area contributed by atoms with Gasteiger partial charge in [0, 0.05) is 24.8 Å². The van der Waals surface area contributed by atoms with Gasteiger partial charge in [-0.1, -0.05) is 13.0 Å². The smallest absolute Gasteiger partial charge is 0.270 e. The third-order valence-electron chi connectivity index (χ3n) is 2.63. The molecule has 0 spiro atoms. The highest BCUT2D eigenvalue weighted by Crippen LogP contribution is 2.18. The summed E-state index contributed by atoms with van der Waals surface area (Å²) >= 11 is 0. The summed E-state index contributed by atoms with van der Waals surface area (Å²) in [5, 5.41) is 19.4. The minimum atomic E-state index is -3.82. The van der Waals surface area contributed by atoms with Gasteiger partial charge in [0.05, 0.1) is 9.82 Å². The van der Waals surface area contributed by atoms with Gasteiger partial charge in [0.2, 0.25) is 10.0 Å². The van der Waals surface area contributed by atoms with Gasteiger partial charge >= 0.3 is 0 Å². The van der Waals surface area contributed by atoms with Gasteiger partial charge in [0.15, 0.2) is 0 Å². The van der Waals surface area contributed by atoms with E-state index in [-0.39, 0.29) is 17.2 Å². The first-order chi connectivity index (χ1) is 8.90. The fourth-order valence-electron chi connectivity index (χ4n) is 1.55. The largest absolute Gasteiger partial charge is 0.396 e. The Labute approximate surface area is 111 Å². The average Bonchev–Trinajstić information content (AvgIpc) is 2.38. The zero-order valence-electron chi connectivity index (χ0n) is 10.4. The first-order valence-electron chi connectivity index (χ1n) is 5.78. The van der Waals surface area contributed by atoms with Gasteiger partial charge in [-0.15, -0.1) is 0 Å². The van der Waals surface area contributed by atoms with E-state index in [9.17, 15) is 18.5 Å². The summed E-state index contributed by atoms with van der Waals surface area (Å²) in [4.78, 5) is 9.81. The lowest BCUT2D eigenvalue weighted by Crippen LogP contribution is -2.35. The lowest BCUT2D eigenvalue weighted by molar-refractivity contribution is -0.385. The van der Waals surface area contributed by atoms with E-state index in [1.807, 2.05) is 0 Å². The van der Waals surface area contributed by atoms with Crippen LogP contribution in [-0.4, -0.2) is 31.1 Å². The number of aliphatic hydroxyl groups excluding tert-OH is 1. The van der Waals surface area contributed by atoms with Crippen molar-refractivity contribution in [1.29, 1.82) is 0 Å². The fraction of sp³-hybridized carbons (Fsp3) is 0.455. The maximum absolute atomic E-state index is 12.0. The number of nitro groups is 1. The zero-order chi connectivity index (χ0) is 14.5. The zero-order valence-corrected chi connectivity index (χ0v) is 11.3. The van der Waals surface area contributed by atoms with Gasteiger partial charge in [-0.05, 0) is 18.9 Å². The van der Waals surface area contributed by atoms with Crippen molar-refractivity contribution in [2.75, 3.05) is 6.61 Å². The lowest BCUT2D eigenvalue weighted by atomic mass is 10.2. The van der Waals surface area contributed by atoms with Crippen LogP contribution in [0.15, 0.2) is 29.2 Å². The molecule has 0 amide bonds. The minimum absolute atomic E-state index is 0.129. The highest BCUT2D eigenvalue weighted by molar-refractivity contribution is 7.89. The number of hydrogen-bond acceptors (Lipinski definition) is 5. The number of aliphatic hydroxyl groups is 1. The maximum Gasteiger partial charge on any atom is 0.270 e. The van der Waals surface area contributed by atoms with E-state index in [2.05, 4.69) is 4.72 Å². The molecule has 1 aromatic carbocycles. The molecule has 0 radical (unpaired) electrons. The predicted molar refractivity (Wildman–Crippen MR) is 69.2 cm³/mol. The van der Waals surface area contributed by atoms with Crippen LogP contribution in [0.1, 0.15) is 19.8 Å². The third-order valence-corrected chi connectivity index (χ3v) is 4.15. The van der Waals surface area contributed by atoms with E-state index < -0.39 is 21.0 Å². The normalized spacial score (nSPS) is 13.2. The molecule has 1 unspecified atom stereocenters. The number of benzene rings is 1. The van der Waals surface area contributed by atoms with Crippen LogP contribution in [0.3, 0.4) is 0 Å². The van der Waals surface area contributed by atoms with Crippen LogP contribution in [0, 0.1) is 10.1 Å². The van der Waals surface area contributed by atoms with Crippen molar-refractivity contribution in [3.8, 4) is 0 Å². The molecule has 106 valence electrons. The van der Waals surface area contributed by atoms with Crippen LogP contribution in [0.2, 0.25) is 0 Å². The van der Waals surface area contributed by atoms with E-state index >= 15 is 0 Å². The average molecular weight is 288 g/mol. The fourth-order valence-corrected chi connectivity index (χ4v) is 2.95. The Morgan fingerprint density at radius 2 is 2.16 bits per heavy atom. The van der Waals surface area contributed by atoms with Crippen molar-refractivity contribution < 1.29 is 18.4 Å². The number of sulfonamides is 1. The number of rotatable bonds is 7. The van der Waals surface area contributed by atoms with Gasteiger partial charge in [-0.25, -0.2) is 13.1 Å². The first-order valence-corrected chi connectivity index (χ1v) is 7.26. The molecule has 19 heavy (non-hydrogen) atoms. The molecule has 0 aliphatic rings. The molecule has 0 aromatic heterocycles. The summed E-state index contributed by atoms with van der Waals surface area (Å²) in [6.45, 7) is 1.66. The molecule has 8 heteroatoms. The van der Waals surface area contributed by atoms with Crippen LogP contribution in [0.25, 0.3) is 0 Å². The summed E-state index contributed by atoms with van der Waals surface area (Å²) in [5.41, 5.74) is -0.280. The Hall–Kier alpha value is -1.51. The molecule has 0 saturated heterocycles. The monoisotopic (exact) mass is 288 g/mol. The number of hydrogen-bond donors (Lipinski definition) is 2. The molecule has 0 aliphatic carbocycles. The molecule has 0 heterocycles. The van der Waals surface area contributed by atoms with Crippen molar-refractivity contribution >= 4 is 15.7 Å². The van der Waals surface area contributed by atoms with E-state index in [0.29, 0.717) is 12.8 Å². The van der Waals surface area contributed by atoms with Crippen LogP contribution < -0.4 is 4.72 Å². The predicted octanol–water partition coefficient (Wildman–Crippen LogP) is 1.03. The summed E-state index contributed by atoms with van der Waals surface area (Å²) in [6.07, 6.45) is 0.819. The summed E-state index contributed by atoms with van der Waals surface area (Å²) in [5.74, 6) is 0. The van der Waals surface area contributed by atoms with Gasteiger partial charge in [-0.2, -0.15) is 0 Å². The molecule has 2 N–H and O–H groups in total. The van der Waals surface area contributed by atoms with E-state index in [0.717, 1.165) is 6.07 Å². The van der Waals surface area contributed by atoms with Gasteiger partial charge in [-0.3, -0.25) is 10.1 Å². The third kappa shape index (κ3) is 4.27. The van der Waals surface area contributed by atoms with Crippen molar-refractivity contribution in [3.05, 3.63) is 34.4 Å². The Kier molecular flexibility index (Phi) is 5.40. The Morgan fingerprint density at radius 3 is 2.68 bits per heavy atom. The van der Waals surface area contributed by atoms with Gasteiger partial charge in [0.25, 0.3) is 5.69 Å². The van der Waals surface area contributed by atoms with Crippen molar-refractivity contribution in [2.45, 2.75) is 30.7 Å². The molecule has 1 rings (SSSR count). The second kappa shape index (κ2) is 6.60. The van der Waals surface area contributed by atoms with Crippen LogP contribution >= 0.6 is 0 Å². The Morgan fingerprint density at radius 1 is 1.47 bits per heavy atom.